The fourth-order valence-corrected chi connectivity index (χ4v) is 12.9. The Bertz CT molecular complexity index is 2560. The summed E-state index contributed by atoms with van der Waals surface area (Å²) in [6.45, 7) is 14.9. The van der Waals surface area contributed by atoms with Crippen LogP contribution in [0.25, 0.3) is 33.1 Å². The number of rotatable bonds is 12. The minimum absolute atomic E-state index is 0.245. The van der Waals surface area contributed by atoms with Crippen LogP contribution in [0, 0.1) is 23.2 Å². The number of fused-ring (bicyclic) bond motifs is 3. The van der Waals surface area contributed by atoms with Crippen molar-refractivity contribution in [2.45, 2.75) is 60.9 Å². The topological polar surface area (TPSA) is 54.8 Å². The van der Waals surface area contributed by atoms with Crippen molar-refractivity contribution in [2.75, 3.05) is 0 Å². The predicted octanol–water partition coefficient (Wildman–Crippen LogP) is 11.7. The molecule has 6 aromatic carbocycles. The number of allylic oxidation sites excluding steroid dienone is 6. The van der Waals surface area contributed by atoms with E-state index < -0.39 is 8.07 Å². The number of aromatic nitrogens is 1. The molecule has 58 heavy (non-hydrogen) atoms. The van der Waals surface area contributed by atoms with E-state index in [2.05, 4.69) is 223 Å². The molecule has 0 saturated heterocycles. The van der Waals surface area contributed by atoms with Gasteiger partial charge in [-0.05, 0) is 101 Å². The van der Waals surface area contributed by atoms with Crippen molar-refractivity contribution in [2.24, 2.45) is 16.6 Å². The van der Waals surface area contributed by atoms with Gasteiger partial charge in [0, 0.05) is 38.7 Å². The molecule has 3 nitrogen and oxygen atoms in total. The van der Waals surface area contributed by atoms with E-state index in [-0.39, 0.29) is 10.8 Å². The average Bonchev–Trinajstić information content (AvgIpc) is 3.55. The second-order valence-corrected chi connectivity index (χ2v) is 21.3. The molecule has 0 atom stereocenters. The first-order valence-corrected chi connectivity index (χ1v) is 22.7. The van der Waals surface area contributed by atoms with Crippen LogP contribution in [0.3, 0.4) is 0 Å². The molecule has 1 heterocycles. The van der Waals surface area contributed by atoms with Gasteiger partial charge in [-0.3, -0.25) is 0 Å². The third-order valence-corrected chi connectivity index (χ3v) is 16.7. The van der Waals surface area contributed by atoms with Crippen LogP contribution in [0.4, 0.5) is 0 Å². The van der Waals surface area contributed by atoms with Crippen LogP contribution < -0.4 is 21.3 Å². The molecular formula is C54H57N3Si. The predicted molar refractivity (Wildman–Crippen MR) is 254 cm³/mol. The zero-order valence-electron chi connectivity index (χ0n) is 35.2. The zero-order valence-corrected chi connectivity index (χ0v) is 36.2. The molecule has 7 rings (SSSR count). The molecule has 0 aliphatic carbocycles. The minimum Gasteiger partial charge on any atom is -0.402 e. The Morgan fingerprint density at radius 3 is 1.78 bits per heavy atom. The van der Waals surface area contributed by atoms with E-state index in [1.54, 1.807) is 0 Å². The third kappa shape index (κ3) is 7.94. The molecule has 0 bridgehead atoms. The molecule has 0 aliphatic heterocycles. The van der Waals surface area contributed by atoms with E-state index in [0.29, 0.717) is 5.71 Å². The Balaban J connectivity index is 1.22. The first kappa shape index (κ1) is 40.2. The molecule has 0 radical (unpaired) electrons. The summed E-state index contributed by atoms with van der Waals surface area (Å²) in [5.74, 6) is 0. The van der Waals surface area contributed by atoms with Gasteiger partial charge in [0.25, 0.3) is 0 Å². The number of para-hydroxylation sites is 1. The van der Waals surface area contributed by atoms with Crippen LogP contribution in [0.1, 0.15) is 58.2 Å². The van der Waals surface area contributed by atoms with E-state index >= 15 is 0 Å². The molecule has 0 fully saturated rings. The van der Waals surface area contributed by atoms with Crippen LogP contribution in [-0.4, -0.2) is 18.4 Å². The maximum Gasteiger partial charge on any atom is 0.151 e. The highest BCUT2D eigenvalue weighted by Gasteiger charge is 2.38. The lowest BCUT2D eigenvalue weighted by atomic mass is 9.80. The molecule has 1 aromatic heterocycles. The minimum atomic E-state index is -2.38. The van der Waals surface area contributed by atoms with Gasteiger partial charge in [0.2, 0.25) is 0 Å². The molecule has 0 spiro atoms. The standard InChI is InChI=1S/C54H57N3Si/c1-8-41(21-20-34-58(43-22-12-9-13-23-43,44-24-14-10-15-25-44)45-26-16-11-17-27-45)42-31-33-48(39(2)35-42)57-49-29-19-18-28-46(49)47-36-40(30-32-50(47)57)38-54(6,7)52(56)37-51(55)53(3,4)5/h8-33,35-37,55H,34,38,56H2,1-7H3/b21-20-,41-8+,52-37-,55-51?. The summed E-state index contributed by atoms with van der Waals surface area (Å²) in [5, 5.41) is 15.3. The van der Waals surface area contributed by atoms with Crippen molar-refractivity contribution in [3.8, 4) is 5.69 Å². The molecule has 0 amide bonds. The monoisotopic (exact) mass is 775 g/mol. The number of nitrogens with zero attached hydrogens (tertiary/aromatic N) is 1. The van der Waals surface area contributed by atoms with Crippen LogP contribution in [0.5, 0.6) is 0 Å². The van der Waals surface area contributed by atoms with Crippen molar-refractivity contribution in [1.82, 2.24) is 4.57 Å². The lowest BCUT2D eigenvalue weighted by Gasteiger charge is -2.33. The van der Waals surface area contributed by atoms with Crippen LogP contribution in [0.2, 0.25) is 6.04 Å². The van der Waals surface area contributed by atoms with Crippen molar-refractivity contribution < 1.29 is 0 Å². The van der Waals surface area contributed by atoms with Crippen molar-refractivity contribution >= 4 is 56.7 Å². The Morgan fingerprint density at radius 1 is 0.672 bits per heavy atom. The second-order valence-electron chi connectivity index (χ2n) is 17.4. The van der Waals surface area contributed by atoms with Gasteiger partial charge in [0.05, 0.1) is 11.0 Å². The summed E-state index contributed by atoms with van der Waals surface area (Å²) < 4.78 is 2.42. The molecular weight excluding hydrogens is 719 g/mol. The summed E-state index contributed by atoms with van der Waals surface area (Å²) >= 11 is 0. The van der Waals surface area contributed by atoms with E-state index in [1.807, 2.05) is 6.08 Å². The Morgan fingerprint density at radius 2 is 1.22 bits per heavy atom. The van der Waals surface area contributed by atoms with Gasteiger partial charge in [-0.2, -0.15) is 0 Å². The first-order valence-electron chi connectivity index (χ1n) is 20.5. The molecule has 7 aromatic rings. The SMILES string of the molecule is C/C=C(\C=C/C[Si](c1ccccc1)(c1ccccc1)c1ccccc1)c1ccc(-n2c3ccccc3c3cc(CC(C)(C)/C(N)=C/C(=N)C(C)(C)C)ccc32)c(C)c1. The van der Waals surface area contributed by atoms with Gasteiger partial charge in [0.15, 0.2) is 8.07 Å². The van der Waals surface area contributed by atoms with E-state index in [4.69, 9.17) is 11.1 Å². The van der Waals surface area contributed by atoms with E-state index in [9.17, 15) is 0 Å². The third-order valence-electron chi connectivity index (χ3n) is 11.9. The van der Waals surface area contributed by atoms with E-state index in [1.165, 1.54) is 65.3 Å². The summed E-state index contributed by atoms with van der Waals surface area (Å²) in [4.78, 5) is 0. The fourth-order valence-electron chi connectivity index (χ4n) is 8.40. The van der Waals surface area contributed by atoms with Gasteiger partial charge in [0.1, 0.15) is 0 Å². The Labute approximate surface area is 346 Å². The average molecular weight is 776 g/mol. The van der Waals surface area contributed by atoms with Gasteiger partial charge < -0.3 is 15.7 Å². The Hall–Kier alpha value is -5.97. The number of hydrogen-bond donors (Lipinski definition) is 2. The first-order chi connectivity index (χ1) is 27.8. The highest BCUT2D eigenvalue weighted by molar-refractivity contribution is 7.11. The molecule has 3 N–H and O–H groups in total. The van der Waals surface area contributed by atoms with Gasteiger partial charge >= 0.3 is 0 Å². The fraction of sp³-hybridized carbons (Fsp3) is 0.204. The van der Waals surface area contributed by atoms with Gasteiger partial charge in [-0.1, -0.05) is 174 Å². The normalized spacial score (nSPS) is 13.2. The van der Waals surface area contributed by atoms with Crippen molar-refractivity contribution in [3.05, 3.63) is 198 Å². The largest absolute Gasteiger partial charge is 0.402 e. The zero-order chi connectivity index (χ0) is 41.1. The summed E-state index contributed by atoms with van der Waals surface area (Å²) in [5.41, 5.74) is 15.8. The summed E-state index contributed by atoms with van der Waals surface area (Å²) in [6.07, 6.45) is 9.63. The van der Waals surface area contributed by atoms with E-state index in [0.717, 1.165) is 18.2 Å². The van der Waals surface area contributed by atoms with Crippen LogP contribution in [-0.2, 0) is 6.42 Å². The number of nitrogens with one attached hydrogen (secondary N) is 1. The molecule has 0 aliphatic rings. The molecule has 0 unspecified atom stereocenters. The number of aryl methyl sites for hydroxylation is 1. The smallest absolute Gasteiger partial charge is 0.151 e. The van der Waals surface area contributed by atoms with Gasteiger partial charge in [-0.25, -0.2) is 0 Å². The highest BCUT2D eigenvalue weighted by Crippen LogP contribution is 2.37. The second kappa shape index (κ2) is 16.5. The van der Waals surface area contributed by atoms with Crippen LogP contribution in [0.15, 0.2) is 182 Å². The summed E-state index contributed by atoms with van der Waals surface area (Å²) in [6, 6.07) is 56.9. The number of nitrogens with two attached hydrogens (primary N) is 1. The Kier molecular flexibility index (Phi) is 11.4. The van der Waals surface area contributed by atoms with Gasteiger partial charge in [-0.15, -0.1) is 0 Å². The van der Waals surface area contributed by atoms with Crippen molar-refractivity contribution in [1.29, 1.82) is 5.41 Å². The number of benzene rings is 6. The maximum absolute atomic E-state index is 8.55. The molecule has 4 heteroatoms. The maximum atomic E-state index is 8.55. The lowest BCUT2D eigenvalue weighted by molar-refractivity contribution is 0.438. The molecule has 0 saturated carbocycles. The van der Waals surface area contributed by atoms with Crippen LogP contribution >= 0.6 is 0 Å². The number of hydrogen-bond acceptors (Lipinski definition) is 2. The van der Waals surface area contributed by atoms with Crippen molar-refractivity contribution in [3.63, 3.8) is 0 Å². The highest BCUT2D eigenvalue weighted by atomic mass is 28.3. The summed E-state index contributed by atoms with van der Waals surface area (Å²) in [7, 11) is -2.38. The quantitative estimate of drug-likeness (QED) is 0.0552. The lowest BCUT2D eigenvalue weighted by Crippen LogP contribution is -2.66. The molecule has 292 valence electrons.